The van der Waals surface area contributed by atoms with E-state index in [0.717, 1.165) is 31.7 Å². The van der Waals surface area contributed by atoms with E-state index in [2.05, 4.69) is 15.2 Å². The molecule has 4 rings (SSSR count). The van der Waals surface area contributed by atoms with Crippen LogP contribution in [0.3, 0.4) is 0 Å². The molecule has 26 heavy (non-hydrogen) atoms. The minimum absolute atomic E-state index is 0.0229. The third-order valence-electron chi connectivity index (χ3n) is 4.84. The normalized spacial score (nSPS) is 16.6. The van der Waals surface area contributed by atoms with E-state index >= 15 is 0 Å². The van der Waals surface area contributed by atoms with Crippen LogP contribution in [-0.2, 0) is 0 Å². The molecule has 4 heterocycles. The van der Waals surface area contributed by atoms with Gasteiger partial charge in [-0.15, -0.1) is 0 Å². The zero-order valence-electron chi connectivity index (χ0n) is 14.4. The van der Waals surface area contributed by atoms with Crippen LogP contribution in [0.5, 0.6) is 0 Å². The number of aromatic nitrogens is 2. The number of nitrogens with zero attached hydrogens (tertiary/aromatic N) is 4. The third kappa shape index (κ3) is 3.15. The Morgan fingerprint density at radius 3 is 2.81 bits per heavy atom. The monoisotopic (exact) mass is 355 g/mol. The molecule has 0 amide bonds. The van der Waals surface area contributed by atoms with E-state index < -0.39 is 4.92 Å². The Morgan fingerprint density at radius 2 is 2.08 bits per heavy atom. The number of likely N-dealkylation sites (tertiary alicyclic amines) is 1. The van der Waals surface area contributed by atoms with Gasteiger partial charge in [0.05, 0.1) is 18.5 Å². The third-order valence-corrected chi connectivity index (χ3v) is 4.84. The van der Waals surface area contributed by atoms with Gasteiger partial charge in [0, 0.05) is 12.6 Å². The minimum atomic E-state index is -0.398. The second-order valence-electron chi connectivity index (χ2n) is 6.48. The van der Waals surface area contributed by atoms with Gasteiger partial charge in [0.25, 0.3) is 0 Å². The van der Waals surface area contributed by atoms with Gasteiger partial charge in [-0.25, -0.2) is 0 Å². The number of nitrogens with one attached hydrogen (secondary N) is 1. The van der Waals surface area contributed by atoms with Crippen molar-refractivity contribution >= 4 is 17.3 Å². The summed E-state index contributed by atoms with van der Waals surface area (Å²) in [5, 5.41) is 14.7. The van der Waals surface area contributed by atoms with Crippen LogP contribution in [0.15, 0.2) is 47.2 Å². The highest BCUT2D eigenvalue weighted by molar-refractivity contribution is 5.62. The Morgan fingerprint density at radius 1 is 1.23 bits per heavy atom. The molecule has 1 atom stereocenters. The van der Waals surface area contributed by atoms with E-state index in [1.54, 1.807) is 24.6 Å². The lowest BCUT2D eigenvalue weighted by Crippen LogP contribution is -2.37. The van der Waals surface area contributed by atoms with E-state index in [4.69, 9.17) is 4.42 Å². The fraction of sp³-hybridized carbons (Fsp3) is 0.389. The second kappa shape index (κ2) is 7.17. The quantitative estimate of drug-likeness (QED) is 0.538. The summed E-state index contributed by atoms with van der Waals surface area (Å²) in [5.74, 6) is 1.11. The maximum atomic E-state index is 11.5. The molecule has 1 aliphatic heterocycles. The molecule has 136 valence electrons. The molecule has 3 aromatic heterocycles. The SMILES string of the molecule is O=[N+]([O-])c1c(NCC(c2ccco2)N2CCCCC2)nc2ccccn12. The molecule has 0 saturated carbocycles. The first-order valence-electron chi connectivity index (χ1n) is 8.87. The van der Waals surface area contributed by atoms with Crippen LogP contribution in [0.25, 0.3) is 5.65 Å². The molecule has 1 saturated heterocycles. The molecular weight excluding hydrogens is 334 g/mol. The van der Waals surface area contributed by atoms with Crippen LogP contribution in [-0.4, -0.2) is 38.8 Å². The van der Waals surface area contributed by atoms with Crippen LogP contribution in [0.1, 0.15) is 31.1 Å². The van der Waals surface area contributed by atoms with Crippen LogP contribution < -0.4 is 5.32 Å². The van der Waals surface area contributed by atoms with Crippen molar-refractivity contribution in [3.05, 3.63) is 58.7 Å². The van der Waals surface area contributed by atoms with Crippen molar-refractivity contribution < 1.29 is 9.34 Å². The molecule has 1 N–H and O–H groups in total. The summed E-state index contributed by atoms with van der Waals surface area (Å²) in [5.41, 5.74) is 0.550. The highest BCUT2D eigenvalue weighted by atomic mass is 16.6. The van der Waals surface area contributed by atoms with Crippen molar-refractivity contribution in [2.75, 3.05) is 25.0 Å². The molecule has 0 aromatic carbocycles. The molecule has 0 radical (unpaired) electrons. The average molecular weight is 355 g/mol. The minimum Gasteiger partial charge on any atom is -0.468 e. The number of piperidine rings is 1. The van der Waals surface area contributed by atoms with Crippen molar-refractivity contribution in [1.82, 2.24) is 14.3 Å². The second-order valence-corrected chi connectivity index (χ2v) is 6.48. The number of rotatable bonds is 6. The Balaban J connectivity index is 1.60. The summed E-state index contributed by atoms with van der Waals surface area (Å²) in [6.07, 6.45) is 6.88. The first-order chi connectivity index (χ1) is 12.7. The first kappa shape index (κ1) is 16.6. The highest BCUT2D eigenvalue weighted by Crippen LogP contribution is 2.29. The van der Waals surface area contributed by atoms with Crippen LogP contribution in [0.2, 0.25) is 0 Å². The van der Waals surface area contributed by atoms with E-state index in [9.17, 15) is 10.1 Å². The Hall–Kier alpha value is -2.87. The fourth-order valence-corrected chi connectivity index (χ4v) is 3.59. The number of nitro groups is 1. The predicted octanol–water partition coefficient (Wildman–Crippen LogP) is 3.47. The number of hydrogen-bond donors (Lipinski definition) is 1. The lowest BCUT2D eigenvalue weighted by Gasteiger charge is -2.33. The fourth-order valence-electron chi connectivity index (χ4n) is 3.59. The van der Waals surface area contributed by atoms with Gasteiger partial charge in [-0.2, -0.15) is 9.38 Å². The highest BCUT2D eigenvalue weighted by Gasteiger charge is 2.27. The molecular formula is C18H21N5O3. The smallest absolute Gasteiger partial charge is 0.372 e. The first-order valence-corrected chi connectivity index (χ1v) is 8.87. The largest absolute Gasteiger partial charge is 0.468 e. The van der Waals surface area contributed by atoms with Crippen molar-refractivity contribution in [3.8, 4) is 0 Å². The van der Waals surface area contributed by atoms with Gasteiger partial charge in [-0.3, -0.25) is 4.90 Å². The average Bonchev–Trinajstić information content (AvgIpc) is 3.30. The lowest BCUT2D eigenvalue weighted by molar-refractivity contribution is -0.389. The Labute approximate surface area is 150 Å². The van der Waals surface area contributed by atoms with Gasteiger partial charge in [0.1, 0.15) is 5.76 Å². The lowest BCUT2D eigenvalue weighted by atomic mass is 10.1. The number of fused-ring (bicyclic) bond motifs is 1. The number of hydrogen-bond acceptors (Lipinski definition) is 6. The van der Waals surface area contributed by atoms with Gasteiger partial charge in [0.15, 0.2) is 0 Å². The number of imidazole rings is 1. The van der Waals surface area contributed by atoms with Crippen molar-refractivity contribution in [1.29, 1.82) is 0 Å². The summed E-state index contributed by atoms with van der Waals surface area (Å²) in [7, 11) is 0. The Bertz CT molecular complexity index is 884. The number of pyridine rings is 1. The standard InChI is InChI=1S/C18H21N5O3/c24-23(25)18-17(20-16-8-2-5-11-22(16)18)19-13-14(15-7-6-12-26-15)21-9-3-1-4-10-21/h2,5-8,11-12,14,19H,1,3-4,9-10,13H2. The predicted molar refractivity (Wildman–Crippen MR) is 97.2 cm³/mol. The Kier molecular flexibility index (Phi) is 4.57. The zero-order chi connectivity index (χ0) is 17.9. The van der Waals surface area contributed by atoms with Crippen LogP contribution >= 0.6 is 0 Å². The van der Waals surface area contributed by atoms with Crippen molar-refractivity contribution in [2.24, 2.45) is 0 Å². The summed E-state index contributed by atoms with van der Waals surface area (Å²) in [4.78, 5) is 17.9. The summed E-state index contributed by atoms with van der Waals surface area (Å²) in [6.45, 7) is 2.50. The van der Waals surface area contributed by atoms with Gasteiger partial charge in [-0.1, -0.05) is 12.5 Å². The molecule has 0 spiro atoms. The van der Waals surface area contributed by atoms with Gasteiger partial charge in [-0.05, 0) is 49.1 Å². The summed E-state index contributed by atoms with van der Waals surface area (Å²) < 4.78 is 7.12. The molecule has 3 aromatic rings. The van der Waals surface area contributed by atoms with E-state index in [-0.39, 0.29) is 17.7 Å². The number of furan rings is 1. The van der Waals surface area contributed by atoms with Crippen LogP contribution in [0.4, 0.5) is 11.6 Å². The molecule has 1 unspecified atom stereocenters. The molecule has 1 fully saturated rings. The summed E-state index contributed by atoms with van der Waals surface area (Å²) in [6, 6.07) is 9.18. The molecule has 1 aliphatic rings. The molecule has 8 nitrogen and oxygen atoms in total. The van der Waals surface area contributed by atoms with Gasteiger partial charge in [0.2, 0.25) is 11.5 Å². The van der Waals surface area contributed by atoms with Gasteiger partial charge >= 0.3 is 5.82 Å². The van der Waals surface area contributed by atoms with E-state index in [0.29, 0.717) is 12.2 Å². The number of anilines is 1. The van der Waals surface area contributed by atoms with E-state index in [1.165, 1.54) is 10.8 Å². The molecule has 8 heteroatoms. The maximum Gasteiger partial charge on any atom is 0.372 e. The summed E-state index contributed by atoms with van der Waals surface area (Å²) >= 11 is 0. The van der Waals surface area contributed by atoms with Crippen molar-refractivity contribution in [3.63, 3.8) is 0 Å². The topological polar surface area (TPSA) is 88.8 Å². The molecule has 0 bridgehead atoms. The van der Waals surface area contributed by atoms with E-state index in [1.807, 2.05) is 18.2 Å². The van der Waals surface area contributed by atoms with Crippen LogP contribution in [0, 0.1) is 10.1 Å². The van der Waals surface area contributed by atoms with Crippen molar-refractivity contribution in [2.45, 2.75) is 25.3 Å². The van der Waals surface area contributed by atoms with Gasteiger partial charge < -0.3 is 19.8 Å². The zero-order valence-corrected chi connectivity index (χ0v) is 14.4. The molecule has 0 aliphatic carbocycles. The maximum absolute atomic E-state index is 11.5.